The quantitative estimate of drug-likeness (QED) is 0.727. The number of halogens is 1. The molecule has 2 aromatic carbocycles. The van der Waals surface area contributed by atoms with E-state index in [0.717, 1.165) is 15.8 Å². The van der Waals surface area contributed by atoms with Crippen molar-refractivity contribution in [3.63, 3.8) is 0 Å². The molecule has 20 heavy (non-hydrogen) atoms. The first-order valence-electron chi connectivity index (χ1n) is 5.90. The molecule has 3 aromatic rings. The Kier molecular flexibility index (Phi) is 3.54. The van der Waals surface area contributed by atoms with Gasteiger partial charge < -0.3 is 10.6 Å². The summed E-state index contributed by atoms with van der Waals surface area (Å²) in [6.45, 7) is 0. The summed E-state index contributed by atoms with van der Waals surface area (Å²) in [5, 5.41) is 7.04. The summed E-state index contributed by atoms with van der Waals surface area (Å²) in [5.41, 5.74) is 1.43. The molecule has 1 aromatic heterocycles. The number of carbonyl (C=O) groups is 1. The lowest BCUT2D eigenvalue weighted by atomic mass is 10.2. The maximum atomic E-state index is 12.0. The van der Waals surface area contributed by atoms with Crippen molar-refractivity contribution >= 4 is 50.6 Å². The zero-order valence-corrected chi connectivity index (χ0v) is 11.8. The van der Waals surface area contributed by atoms with E-state index in [-0.39, 0.29) is 6.03 Å². The standard InChI is InChI=1S/C14H10ClN3OS/c15-11-6-7-12(13-10(11)8-16-20-13)18-14(19)17-9-4-2-1-3-5-9/h1-8H,(H2,17,18,19). The van der Waals surface area contributed by atoms with Gasteiger partial charge in [0.15, 0.2) is 0 Å². The van der Waals surface area contributed by atoms with E-state index in [2.05, 4.69) is 15.0 Å². The molecule has 0 saturated heterocycles. The highest BCUT2D eigenvalue weighted by atomic mass is 35.5. The van der Waals surface area contributed by atoms with E-state index in [9.17, 15) is 4.79 Å². The van der Waals surface area contributed by atoms with Crippen LogP contribution in [0.3, 0.4) is 0 Å². The second kappa shape index (κ2) is 5.48. The number of hydrogen-bond acceptors (Lipinski definition) is 3. The normalized spacial score (nSPS) is 10.4. The van der Waals surface area contributed by atoms with Crippen molar-refractivity contribution in [2.24, 2.45) is 0 Å². The lowest BCUT2D eigenvalue weighted by molar-refractivity contribution is 0.262. The third kappa shape index (κ3) is 2.59. The van der Waals surface area contributed by atoms with Crippen LogP contribution in [0.1, 0.15) is 0 Å². The molecule has 0 aliphatic carbocycles. The van der Waals surface area contributed by atoms with Gasteiger partial charge in [-0.1, -0.05) is 29.8 Å². The summed E-state index contributed by atoms with van der Waals surface area (Å²) in [6.07, 6.45) is 1.70. The van der Waals surface area contributed by atoms with Gasteiger partial charge in [0.05, 0.1) is 21.6 Å². The number of rotatable bonds is 2. The third-order valence-electron chi connectivity index (χ3n) is 2.75. The van der Waals surface area contributed by atoms with Gasteiger partial charge in [0.25, 0.3) is 0 Å². The summed E-state index contributed by atoms with van der Waals surface area (Å²) < 4.78 is 4.96. The van der Waals surface area contributed by atoms with Gasteiger partial charge in [-0.15, -0.1) is 0 Å². The van der Waals surface area contributed by atoms with Crippen LogP contribution < -0.4 is 10.6 Å². The highest BCUT2D eigenvalue weighted by molar-refractivity contribution is 7.14. The summed E-state index contributed by atoms with van der Waals surface area (Å²) in [7, 11) is 0. The van der Waals surface area contributed by atoms with E-state index in [1.165, 1.54) is 11.5 Å². The van der Waals surface area contributed by atoms with Crippen molar-refractivity contribution in [1.82, 2.24) is 4.37 Å². The average Bonchev–Trinajstić information content (AvgIpc) is 2.93. The van der Waals surface area contributed by atoms with Crippen LogP contribution in [0, 0.1) is 0 Å². The molecular formula is C14H10ClN3OS. The largest absolute Gasteiger partial charge is 0.323 e. The fraction of sp³-hybridized carbons (Fsp3) is 0. The first kappa shape index (κ1) is 12.9. The predicted octanol–water partition coefficient (Wildman–Crippen LogP) is 4.59. The number of para-hydroxylation sites is 1. The van der Waals surface area contributed by atoms with Crippen molar-refractivity contribution in [3.05, 3.63) is 53.7 Å². The highest BCUT2D eigenvalue weighted by Crippen LogP contribution is 2.32. The smallest absolute Gasteiger partial charge is 0.308 e. The van der Waals surface area contributed by atoms with Crippen molar-refractivity contribution in [2.45, 2.75) is 0 Å². The van der Waals surface area contributed by atoms with Gasteiger partial charge >= 0.3 is 6.03 Å². The van der Waals surface area contributed by atoms with Crippen molar-refractivity contribution in [3.8, 4) is 0 Å². The predicted molar refractivity (Wildman–Crippen MR) is 83.7 cm³/mol. The first-order valence-corrected chi connectivity index (χ1v) is 7.05. The molecule has 0 atom stereocenters. The number of anilines is 2. The Morgan fingerprint density at radius 2 is 1.90 bits per heavy atom. The molecule has 0 aliphatic heterocycles. The first-order chi connectivity index (χ1) is 9.74. The maximum Gasteiger partial charge on any atom is 0.323 e. The zero-order chi connectivity index (χ0) is 13.9. The van der Waals surface area contributed by atoms with Crippen LogP contribution in [0.25, 0.3) is 10.1 Å². The van der Waals surface area contributed by atoms with Gasteiger partial charge in [-0.05, 0) is 35.8 Å². The van der Waals surface area contributed by atoms with Crippen LogP contribution >= 0.6 is 23.1 Å². The van der Waals surface area contributed by atoms with E-state index < -0.39 is 0 Å². The number of aromatic nitrogens is 1. The SMILES string of the molecule is O=C(Nc1ccccc1)Nc1ccc(Cl)c2cnsc12. The van der Waals surface area contributed by atoms with E-state index in [0.29, 0.717) is 10.7 Å². The third-order valence-corrected chi connectivity index (χ3v) is 3.91. The molecule has 0 fully saturated rings. The average molecular weight is 304 g/mol. The van der Waals surface area contributed by atoms with Crippen LogP contribution in [-0.2, 0) is 0 Å². The molecule has 3 rings (SSSR count). The van der Waals surface area contributed by atoms with Crippen LogP contribution in [-0.4, -0.2) is 10.4 Å². The highest BCUT2D eigenvalue weighted by Gasteiger charge is 2.10. The second-order valence-corrected chi connectivity index (χ2v) is 5.32. The number of nitrogens with zero attached hydrogens (tertiary/aromatic N) is 1. The molecule has 0 radical (unpaired) electrons. The monoisotopic (exact) mass is 303 g/mol. The van der Waals surface area contributed by atoms with Gasteiger partial charge in [-0.25, -0.2) is 4.79 Å². The summed E-state index contributed by atoms with van der Waals surface area (Å²) in [4.78, 5) is 12.0. The van der Waals surface area contributed by atoms with E-state index >= 15 is 0 Å². The minimum absolute atomic E-state index is 0.298. The van der Waals surface area contributed by atoms with Crippen LogP contribution in [0.5, 0.6) is 0 Å². The molecule has 0 saturated carbocycles. The maximum absolute atomic E-state index is 12.0. The number of amides is 2. The lowest BCUT2D eigenvalue weighted by Gasteiger charge is -2.08. The van der Waals surface area contributed by atoms with Gasteiger partial charge in [0.2, 0.25) is 0 Å². The van der Waals surface area contributed by atoms with Gasteiger partial charge in [-0.3, -0.25) is 0 Å². The molecule has 100 valence electrons. The number of carbonyl (C=O) groups excluding carboxylic acids is 1. The molecular weight excluding hydrogens is 294 g/mol. The molecule has 0 aliphatic rings. The minimum Gasteiger partial charge on any atom is -0.308 e. The molecule has 1 heterocycles. The second-order valence-electron chi connectivity index (χ2n) is 4.11. The van der Waals surface area contributed by atoms with Gasteiger partial charge in [-0.2, -0.15) is 4.37 Å². The van der Waals surface area contributed by atoms with Gasteiger partial charge in [0, 0.05) is 11.1 Å². The Hall–Kier alpha value is -2.11. The summed E-state index contributed by atoms with van der Waals surface area (Å²) >= 11 is 7.37. The fourth-order valence-electron chi connectivity index (χ4n) is 1.83. The molecule has 2 N–H and O–H groups in total. The molecule has 0 bridgehead atoms. The Morgan fingerprint density at radius 1 is 1.10 bits per heavy atom. The van der Waals surface area contributed by atoms with E-state index in [4.69, 9.17) is 11.6 Å². The molecule has 2 amide bonds. The fourth-order valence-corrected chi connectivity index (χ4v) is 2.83. The van der Waals surface area contributed by atoms with Crippen LogP contribution in [0.15, 0.2) is 48.7 Å². The number of fused-ring (bicyclic) bond motifs is 1. The van der Waals surface area contributed by atoms with Gasteiger partial charge in [0.1, 0.15) is 0 Å². The topological polar surface area (TPSA) is 54.0 Å². The van der Waals surface area contributed by atoms with Crippen molar-refractivity contribution in [1.29, 1.82) is 0 Å². The molecule has 0 unspecified atom stereocenters. The molecule has 6 heteroatoms. The molecule has 4 nitrogen and oxygen atoms in total. The Morgan fingerprint density at radius 3 is 2.70 bits per heavy atom. The Bertz CT molecular complexity index is 757. The number of urea groups is 1. The lowest BCUT2D eigenvalue weighted by Crippen LogP contribution is -2.19. The van der Waals surface area contributed by atoms with Crippen molar-refractivity contribution < 1.29 is 4.79 Å². The van der Waals surface area contributed by atoms with Crippen LogP contribution in [0.4, 0.5) is 16.2 Å². The Balaban J connectivity index is 1.81. The number of nitrogens with one attached hydrogen (secondary N) is 2. The van der Waals surface area contributed by atoms with Crippen LogP contribution in [0.2, 0.25) is 5.02 Å². The minimum atomic E-state index is -0.298. The molecule has 0 spiro atoms. The summed E-state index contributed by atoms with van der Waals surface area (Å²) in [6, 6.07) is 12.5. The zero-order valence-electron chi connectivity index (χ0n) is 10.3. The Labute approximate surface area is 124 Å². The summed E-state index contributed by atoms with van der Waals surface area (Å²) in [5.74, 6) is 0. The number of hydrogen-bond donors (Lipinski definition) is 2. The van der Waals surface area contributed by atoms with Crippen molar-refractivity contribution in [2.75, 3.05) is 10.6 Å². The van der Waals surface area contributed by atoms with E-state index in [1.807, 2.05) is 30.3 Å². The number of benzene rings is 2. The van der Waals surface area contributed by atoms with E-state index in [1.54, 1.807) is 18.3 Å².